The van der Waals surface area contributed by atoms with Gasteiger partial charge in [-0.1, -0.05) is 17.7 Å². The highest BCUT2D eigenvalue weighted by Crippen LogP contribution is 2.25. The summed E-state index contributed by atoms with van der Waals surface area (Å²) in [7, 11) is 0. The Morgan fingerprint density at radius 3 is 3.22 bits per heavy atom. The minimum atomic E-state index is -0.147. The van der Waals surface area contributed by atoms with Gasteiger partial charge < -0.3 is 11.1 Å². The fourth-order valence-corrected chi connectivity index (χ4v) is 2.76. The van der Waals surface area contributed by atoms with E-state index in [9.17, 15) is 4.79 Å². The van der Waals surface area contributed by atoms with Crippen LogP contribution < -0.4 is 11.1 Å². The van der Waals surface area contributed by atoms with Gasteiger partial charge in [0.05, 0.1) is 17.7 Å². The molecule has 0 bridgehead atoms. The summed E-state index contributed by atoms with van der Waals surface area (Å²) in [5, 5.41) is 5.82. The molecule has 0 saturated carbocycles. The van der Waals surface area contributed by atoms with E-state index in [0.29, 0.717) is 11.0 Å². The fraction of sp³-hybridized carbons (Fsp3) is 0.182. The number of carbonyl (C=O) groups is 1. The highest BCUT2D eigenvalue weighted by molar-refractivity contribution is 7.99. The van der Waals surface area contributed by atoms with Crippen molar-refractivity contribution in [2.24, 2.45) is 0 Å². The van der Waals surface area contributed by atoms with Crippen LogP contribution in [0, 0.1) is 12.3 Å². The average molecular weight is 278 g/mol. The third-order valence-electron chi connectivity index (χ3n) is 2.05. The molecule has 1 amide bonds. The third-order valence-corrected chi connectivity index (χ3v) is 3.71. The van der Waals surface area contributed by atoms with E-state index in [1.54, 1.807) is 0 Å². The van der Waals surface area contributed by atoms with Gasteiger partial charge >= 0.3 is 0 Å². The highest BCUT2D eigenvalue weighted by Gasteiger charge is 2.08. The van der Waals surface area contributed by atoms with Crippen LogP contribution in [-0.2, 0) is 4.79 Å². The Hall–Kier alpha value is -1.78. The third kappa shape index (κ3) is 2.91. The monoisotopic (exact) mass is 278 g/mol. The number of nitrogens with one attached hydrogen (secondary N) is 1. The van der Waals surface area contributed by atoms with Crippen molar-refractivity contribution in [3.8, 4) is 12.3 Å². The van der Waals surface area contributed by atoms with Crippen molar-refractivity contribution in [2.45, 2.75) is 5.16 Å². The Labute approximate surface area is 112 Å². The predicted molar refractivity (Wildman–Crippen MR) is 74.4 cm³/mol. The SMILES string of the molecule is C#CCNC(=O)CSc1nc(N)c2ccsc2n1. The number of nitrogens with two attached hydrogens (primary N) is 1. The molecule has 18 heavy (non-hydrogen) atoms. The molecule has 0 spiro atoms. The largest absolute Gasteiger partial charge is 0.383 e. The van der Waals surface area contributed by atoms with Crippen molar-refractivity contribution in [3.05, 3.63) is 11.4 Å². The van der Waals surface area contributed by atoms with Crippen LogP contribution in [0.1, 0.15) is 0 Å². The van der Waals surface area contributed by atoms with Gasteiger partial charge in [0.2, 0.25) is 5.91 Å². The molecule has 92 valence electrons. The standard InChI is InChI=1S/C11H10N4OS2/c1-2-4-13-8(16)6-18-11-14-9(12)7-3-5-17-10(7)15-11/h1,3,5H,4,6H2,(H,13,16)(H2,12,14,15). The van der Waals surface area contributed by atoms with Gasteiger partial charge in [-0.05, 0) is 11.4 Å². The van der Waals surface area contributed by atoms with E-state index in [1.807, 2.05) is 11.4 Å². The minimum absolute atomic E-state index is 0.147. The van der Waals surface area contributed by atoms with Crippen molar-refractivity contribution in [3.63, 3.8) is 0 Å². The molecule has 0 aliphatic rings. The van der Waals surface area contributed by atoms with Crippen LogP contribution in [-0.4, -0.2) is 28.2 Å². The lowest BCUT2D eigenvalue weighted by molar-refractivity contribution is -0.118. The lowest BCUT2D eigenvalue weighted by Crippen LogP contribution is -2.25. The minimum Gasteiger partial charge on any atom is -0.383 e. The maximum Gasteiger partial charge on any atom is 0.231 e. The fourth-order valence-electron chi connectivity index (χ4n) is 1.25. The molecule has 3 N–H and O–H groups in total. The Balaban J connectivity index is 2.04. The molecular formula is C11H10N4OS2. The second kappa shape index (κ2) is 5.71. The number of rotatable bonds is 4. The van der Waals surface area contributed by atoms with Gasteiger partial charge in [0, 0.05) is 0 Å². The summed E-state index contributed by atoms with van der Waals surface area (Å²) < 4.78 is 0. The average Bonchev–Trinajstić information content (AvgIpc) is 2.82. The summed E-state index contributed by atoms with van der Waals surface area (Å²) in [5.41, 5.74) is 5.80. The van der Waals surface area contributed by atoms with Crippen LogP contribution in [0.2, 0.25) is 0 Å². The van der Waals surface area contributed by atoms with Gasteiger partial charge in [-0.3, -0.25) is 4.79 Å². The molecule has 2 aromatic rings. The van der Waals surface area contributed by atoms with Gasteiger partial charge in [-0.15, -0.1) is 17.8 Å². The second-order valence-corrected chi connectivity index (χ2v) is 5.14. The quantitative estimate of drug-likeness (QED) is 0.497. The van der Waals surface area contributed by atoms with E-state index in [-0.39, 0.29) is 18.2 Å². The van der Waals surface area contributed by atoms with Crippen molar-refractivity contribution < 1.29 is 4.79 Å². The Morgan fingerprint density at radius 2 is 2.44 bits per heavy atom. The molecule has 2 heterocycles. The van der Waals surface area contributed by atoms with Gasteiger partial charge in [-0.25, -0.2) is 9.97 Å². The molecule has 0 atom stereocenters. The van der Waals surface area contributed by atoms with Crippen LogP contribution in [0.4, 0.5) is 5.82 Å². The zero-order valence-electron chi connectivity index (χ0n) is 9.34. The number of hydrogen-bond donors (Lipinski definition) is 2. The maximum absolute atomic E-state index is 11.4. The zero-order chi connectivity index (χ0) is 13.0. The predicted octanol–water partition coefficient (Wildman–Crippen LogP) is 1.11. The summed E-state index contributed by atoms with van der Waals surface area (Å²) in [6, 6.07) is 1.88. The normalized spacial score (nSPS) is 10.2. The molecule has 5 nitrogen and oxygen atoms in total. The summed E-state index contributed by atoms with van der Waals surface area (Å²) in [5.74, 6) is 2.85. The van der Waals surface area contributed by atoms with Crippen molar-refractivity contribution in [1.29, 1.82) is 0 Å². The van der Waals surface area contributed by atoms with E-state index in [0.717, 1.165) is 10.2 Å². The Kier molecular flexibility index (Phi) is 4.02. The lowest BCUT2D eigenvalue weighted by atomic mass is 10.4. The number of fused-ring (bicyclic) bond motifs is 1. The number of nitrogens with zero attached hydrogens (tertiary/aromatic N) is 2. The van der Waals surface area contributed by atoms with Crippen molar-refractivity contribution in [2.75, 3.05) is 18.0 Å². The van der Waals surface area contributed by atoms with Gasteiger partial charge in [0.25, 0.3) is 0 Å². The number of anilines is 1. The molecule has 0 radical (unpaired) electrons. The molecule has 0 aliphatic carbocycles. The lowest BCUT2D eigenvalue weighted by Gasteiger charge is -2.02. The van der Waals surface area contributed by atoms with Gasteiger partial charge in [0.15, 0.2) is 5.16 Å². The Morgan fingerprint density at radius 1 is 1.61 bits per heavy atom. The molecule has 2 rings (SSSR count). The van der Waals surface area contributed by atoms with Crippen LogP contribution in [0.15, 0.2) is 16.6 Å². The summed E-state index contributed by atoms with van der Waals surface area (Å²) in [6.07, 6.45) is 5.04. The summed E-state index contributed by atoms with van der Waals surface area (Å²) in [6.45, 7) is 0.229. The van der Waals surface area contributed by atoms with E-state index in [4.69, 9.17) is 12.2 Å². The molecular weight excluding hydrogens is 268 g/mol. The summed E-state index contributed by atoms with van der Waals surface area (Å²) >= 11 is 2.73. The zero-order valence-corrected chi connectivity index (χ0v) is 11.0. The van der Waals surface area contributed by atoms with E-state index >= 15 is 0 Å². The van der Waals surface area contributed by atoms with E-state index < -0.39 is 0 Å². The molecule has 0 saturated heterocycles. The first-order valence-electron chi connectivity index (χ1n) is 5.04. The van der Waals surface area contributed by atoms with E-state index in [1.165, 1.54) is 23.1 Å². The van der Waals surface area contributed by atoms with Crippen LogP contribution in [0.5, 0.6) is 0 Å². The molecule has 2 aromatic heterocycles. The number of terminal acetylenes is 1. The molecule has 0 fully saturated rings. The van der Waals surface area contributed by atoms with Gasteiger partial charge in [-0.2, -0.15) is 0 Å². The number of thioether (sulfide) groups is 1. The maximum atomic E-state index is 11.4. The van der Waals surface area contributed by atoms with Crippen LogP contribution in [0.25, 0.3) is 10.2 Å². The van der Waals surface area contributed by atoms with Crippen molar-refractivity contribution in [1.82, 2.24) is 15.3 Å². The molecule has 7 heteroatoms. The van der Waals surface area contributed by atoms with Gasteiger partial charge in [0.1, 0.15) is 10.6 Å². The van der Waals surface area contributed by atoms with E-state index in [2.05, 4.69) is 21.2 Å². The first kappa shape index (κ1) is 12.7. The summed E-state index contributed by atoms with van der Waals surface area (Å²) in [4.78, 5) is 20.7. The number of amides is 1. The molecule has 0 unspecified atom stereocenters. The Bertz CT molecular complexity index is 617. The second-order valence-electron chi connectivity index (χ2n) is 3.30. The smallest absolute Gasteiger partial charge is 0.231 e. The molecule has 0 aliphatic heterocycles. The van der Waals surface area contributed by atoms with Crippen LogP contribution in [0.3, 0.4) is 0 Å². The number of carbonyl (C=O) groups excluding carboxylic acids is 1. The first-order valence-corrected chi connectivity index (χ1v) is 6.91. The topological polar surface area (TPSA) is 80.9 Å². The number of nitrogen functional groups attached to an aromatic ring is 1. The first-order chi connectivity index (χ1) is 8.70. The van der Waals surface area contributed by atoms with Crippen LogP contribution >= 0.6 is 23.1 Å². The molecule has 0 aromatic carbocycles. The number of aromatic nitrogens is 2. The van der Waals surface area contributed by atoms with Crippen molar-refractivity contribution >= 4 is 45.0 Å². The number of hydrogen-bond acceptors (Lipinski definition) is 6. The number of thiophene rings is 1. The highest BCUT2D eigenvalue weighted by atomic mass is 32.2.